The van der Waals surface area contributed by atoms with Gasteiger partial charge in [-0.15, -0.1) is 0 Å². The first-order chi connectivity index (χ1) is 12.7. The normalized spacial score (nSPS) is 10.7. The minimum Gasteiger partial charge on any atom is -0.479 e. The molecule has 0 atom stereocenters. The third-order valence-corrected chi connectivity index (χ3v) is 4.12. The molecule has 1 heterocycles. The van der Waals surface area contributed by atoms with Crippen LogP contribution in [0.3, 0.4) is 0 Å². The molecule has 26 heavy (non-hydrogen) atoms. The number of nitrogens with one attached hydrogen (secondary N) is 1. The highest BCUT2D eigenvalue weighted by molar-refractivity contribution is 5.92. The molecule has 1 aromatic heterocycles. The second-order valence-corrected chi connectivity index (χ2v) is 6.54. The van der Waals surface area contributed by atoms with Crippen LogP contribution in [0, 0.1) is 17.2 Å². The van der Waals surface area contributed by atoms with E-state index in [9.17, 15) is 0 Å². The van der Waals surface area contributed by atoms with Gasteiger partial charge in [-0.2, -0.15) is 5.26 Å². The van der Waals surface area contributed by atoms with Crippen LogP contribution in [0.2, 0.25) is 0 Å². The zero-order valence-corrected chi connectivity index (χ0v) is 15.1. The molecule has 5 heteroatoms. The molecule has 0 unspecified atom stereocenters. The summed E-state index contributed by atoms with van der Waals surface area (Å²) < 4.78 is 5.41. The van der Waals surface area contributed by atoms with Crippen molar-refractivity contribution in [1.29, 1.82) is 5.26 Å². The van der Waals surface area contributed by atoms with Gasteiger partial charge in [-0.25, -0.2) is 9.97 Å². The summed E-state index contributed by atoms with van der Waals surface area (Å²) in [5, 5.41) is 13.1. The maximum atomic E-state index is 8.67. The first-order valence-electron chi connectivity index (χ1n) is 8.76. The van der Waals surface area contributed by atoms with Gasteiger partial charge in [0, 0.05) is 11.9 Å². The largest absolute Gasteiger partial charge is 0.479 e. The van der Waals surface area contributed by atoms with Crippen molar-refractivity contribution in [2.24, 2.45) is 5.92 Å². The van der Waals surface area contributed by atoms with E-state index in [2.05, 4.69) is 35.2 Å². The third kappa shape index (κ3) is 4.28. The van der Waals surface area contributed by atoms with Crippen molar-refractivity contribution in [1.82, 2.24) is 9.97 Å². The van der Waals surface area contributed by atoms with Gasteiger partial charge in [-0.3, -0.25) is 0 Å². The quantitative estimate of drug-likeness (QED) is 0.674. The number of hydrogen-bond acceptors (Lipinski definition) is 5. The molecule has 5 nitrogen and oxygen atoms in total. The highest BCUT2D eigenvalue weighted by atomic mass is 16.5. The second-order valence-electron chi connectivity index (χ2n) is 6.54. The van der Waals surface area contributed by atoms with E-state index in [1.54, 1.807) is 6.33 Å². The number of fused-ring (bicyclic) bond motifs is 1. The van der Waals surface area contributed by atoms with Gasteiger partial charge in [0.05, 0.1) is 5.52 Å². The first kappa shape index (κ1) is 17.7. The van der Waals surface area contributed by atoms with E-state index >= 15 is 0 Å². The molecule has 0 saturated carbocycles. The van der Waals surface area contributed by atoms with Gasteiger partial charge < -0.3 is 10.1 Å². The molecule has 0 amide bonds. The van der Waals surface area contributed by atoms with Crippen LogP contribution in [0.15, 0.2) is 48.8 Å². The molecule has 0 spiro atoms. The summed E-state index contributed by atoms with van der Waals surface area (Å²) in [6, 6.07) is 15.9. The Morgan fingerprint density at radius 3 is 2.77 bits per heavy atom. The average molecular weight is 346 g/mol. The Bertz CT molecular complexity index is 931. The van der Waals surface area contributed by atoms with E-state index in [-0.39, 0.29) is 6.61 Å². The monoisotopic (exact) mass is 346 g/mol. The summed E-state index contributed by atoms with van der Waals surface area (Å²) in [6.07, 6.45) is 2.68. The second kappa shape index (κ2) is 8.30. The first-order valence-corrected chi connectivity index (χ1v) is 8.76. The molecule has 0 saturated heterocycles. The molecular weight excluding hydrogens is 324 g/mol. The Hall–Kier alpha value is -3.13. The molecule has 0 aliphatic rings. The van der Waals surface area contributed by atoms with Gasteiger partial charge in [-0.1, -0.05) is 32.0 Å². The summed E-state index contributed by atoms with van der Waals surface area (Å²) in [5.41, 5.74) is 2.99. The highest BCUT2D eigenvalue weighted by Gasteiger charge is 2.07. The number of ether oxygens (including phenoxy) is 1. The minimum absolute atomic E-state index is 0.0406. The average Bonchev–Trinajstić information content (AvgIpc) is 2.66. The van der Waals surface area contributed by atoms with Crippen LogP contribution >= 0.6 is 0 Å². The van der Waals surface area contributed by atoms with Crippen molar-refractivity contribution in [3.63, 3.8) is 0 Å². The summed E-state index contributed by atoms with van der Waals surface area (Å²) in [5.74, 6) is 2.18. The predicted molar refractivity (Wildman–Crippen MR) is 104 cm³/mol. The van der Waals surface area contributed by atoms with E-state index in [0.29, 0.717) is 11.7 Å². The topological polar surface area (TPSA) is 70.8 Å². The zero-order valence-electron chi connectivity index (χ0n) is 15.1. The van der Waals surface area contributed by atoms with Crippen molar-refractivity contribution in [2.75, 3.05) is 18.5 Å². The highest BCUT2D eigenvalue weighted by Crippen LogP contribution is 2.29. The molecule has 3 aromatic rings. The van der Waals surface area contributed by atoms with Gasteiger partial charge in [0.1, 0.15) is 24.0 Å². The number of aromatic nitrogens is 2. The SMILES string of the molecule is CC(C)CCNc1ncnc2ccc(-c3cccc(OCC#N)c3)cc12. The Balaban J connectivity index is 1.92. The van der Waals surface area contributed by atoms with Gasteiger partial charge in [0.25, 0.3) is 0 Å². The fraction of sp³-hybridized carbons (Fsp3) is 0.286. The Labute approximate surface area is 153 Å². The Morgan fingerprint density at radius 1 is 1.12 bits per heavy atom. The fourth-order valence-electron chi connectivity index (χ4n) is 2.74. The molecule has 132 valence electrons. The van der Waals surface area contributed by atoms with E-state index in [1.807, 2.05) is 42.5 Å². The molecule has 1 N–H and O–H groups in total. The van der Waals surface area contributed by atoms with Crippen molar-refractivity contribution in [3.05, 3.63) is 48.8 Å². The number of nitriles is 1. The van der Waals surface area contributed by atoms with Crippen LogP contribution in [0.25, 0.3) is 22.0 Å². The number of anilines is 1. The maximum Gasteiger partial charge on any atom is 0.174 e. The number of hydrogen-bond donors (Lipinski definition) is 1. The predicted octanol–water partition coefficient (Wildman–Crippen LogP) is 4.66. The zero-order chi connectivity index (χ0) is 18.4. The van der Waals surface area contributed by atoms with Crippen LogP contribution in [0.4, 0.5) is 5.82 Å². The molecule has 0 aliphatic carbocycles. The molecule has 0 aliphatic heterocycles. The Kier molecular flexibility index (Phi) is 5.65. The van der Waals surface area contributed by atoms with Gasteiger partial charge >= 0.3 is 0 Å². The van der Waals surface area contributed by atoms with E-state index in [4.69, 9.17) is 10.00 Å². The van der Waals surface area contributed by atoms with Crippen LogP contribution < -0.4 is 10.1 Å². The lowest BCUT2D eigenvalue weighted by Gasteiger charge is -2.11. The van der Waals surface area contributed by atoms with E-state index in [0.717, 1.165) is 40.8 Å². The van der Waals surface area contributed by atoms with E-state index in [1.165, 1.54) is 0 Å². The molecule has 2 aromatic carbocycles. The summed E-state index contributed by atoms with van der Waals surface area (Å²) >= 11 is 0. The minimum atomic E-state index is 0.0406. The number of rotatable bonds is 7. The summed E-state index contributed by atoms with van der Waals surface area (Å²) in [4.78, 5) is 8.78. The van der Waals surface area contributed by atoms with Crippen molar-refractivity contribution in [3.8, 4) is 22.9 Å². The van der Waals surface area contributed by atoms with Crippen LogP contribution in [-0.2, 0) is 0 Å². The lowest BCUT2D eigenvalue weighted by atomic mass is 10.0. The molecule has 3 rings (SSSR count). The van der Waals surface area contributed by atoms with Crippen molar-refractivity contribution >= 4 is 16.7 Å². The van der Waals surface area contributed by atoms with Gasteiger partial charge in [0.15, 0.2) is 6.61 Å². The molecule has 0 fully saturated rings. The van der Waals surface area contributed by atoms with Gasteiger partial charge in [0.2, 0.25) is 0 Å². The number of benzene rings is 2. The van der Waals surface area contributed by atoms with Crippen LogP contribution in [0.1, 0.15) is 20.3 Å². The Morgan fingerprint density at radius 2 is 1.96 bits per heavy atom. The van der Waals surface area contributed by atoms with Crippen molar-refractivity contribution < 1.29 is 4.74 Å². The van der Waals surface area contributed by atoms with Gasteiger partial charge in [-0.05, 0) is 47.7 Å². The molecular formula is C21H22N4O. The maximum absolute atomic E-state index is 8.67. The standard InChI is InChI=1S/C21H22N4O/c1-15(2)8-10-23-21-19-13-17(6-7-20(19)24-14-25-21)16-4-3-5-18(12-16)26-11-9-22/h3-7,12-15H,8,10-11H2,1-2H3,(H,23,24,25). The smallest absolute Gasteiger partial charge is 0.174 e. The lowest BCUT2D eigenvalue weighted by molar-refractivity contribution is 0.368. The lowest BCUT2D eigenvalue weighted by Crippen LogP contribution is -2.06. The number of nitrogens with zero attached hydrogens (tertiary/aromatic N) is 3. The third-order valence-electron chi connectivity index (χ3n) is 4.12. The van der Waals surface area contributed by atoms with Crippen LogP contribution in [-0.4, -0.2) is 23.1 Å². The van der Waals surface area contributed by atoms with Crippen LogP contribution in [0.5, 0.6) is 5.75 Å². The fourth-order valence-corrected chi connectivity index (χ4v) is 2.74. The van der Waals surface area contributed by atoms with E-state index < -0.39 is 0 Å². The molecule has 0 bridgehead atoms. The summed E-state index contributed by atoms with van der Waals surface area (Å²) in [6.45, 7) is 5.34. The van der Waals surface area contributed by atoms with Crippen molar-refractivity contribution in [2.45, 2.75) is 20.3 Å². The molecule has 0 radical (unpaired) electrons. The summed E-state index contributed by atoms with van der Waals surface area (Å²) in [7, 11) is 0.